The van der Waals surface area contributed by atoms with Crippen molar-refractivity contribution in [1.29, 1.82) is 0 Å². The summed E-state index contributed by atoms with van der Waals surface area (Å²) in [7, 11) is 0. The van der Waals surface area contributed by atoms with Crippen LogP contribution in [0.3, 0.4) is 0 Å². The van der Waals surface area contributed by atoms with Crippen molar-refractivity contribution in [2.24, 2.45) is 0 Å². The van der Waals surface area contributed by atoms with Crippen LogP contribution in [0.25, 0.3) is 0 Å². The van der Waals surface area contributed by atoms with Gasteiger partial charge in [0.05, 0.1) is 0 Å². The van der Waals surface area contributed by atoms with Gasteiger partial charge in [0.2, 0.25) is 5.78 Å². The van der Waals surface area contributed by atoms with Crippen LogP contribution < -0.4 is 9.88 Å². The fourth-order valence-corrected chi connectivity index (χ4v) is 2.92. The van der Waals surface area contributed by atoms with E-state index >= 15 is 0 Å². The summed E-state index contributed by atoms with van der Waals surface area (Å²) < 4.78 is 1.84. The van der Waals surface area contributed by atoms with E-state index < -0.39 is 6.04 Å². The Balaban J connectivity index is 2.31. The van der Waals surface area contributed by atoms with E-state index in [1.54, 1.807) is 6.08 Å². The first-order valence-corrected chi connectivity index (χ1v) is 8.97. The van der Waals surface area contributed by atoms with Gasteiger partial charge < -0.3 is 5.32 Å². The predicted molar refractivity (Wildman–Crippen MR) is 106 cm³/mol. The van der Waals surface area contributed by atoms with Crippen LogP contribution in [-0.2, 0) is 0 Å². The zero-order chi connectivity index (χ0) is 18.2. The molecule has 2 rings (SSSR count). The average Bonchev–Trinajstić information content (AvgIpc) is 2.66. The van der Waals surface area contributed by atoms with Crippen LogP contribution in [0.5, 0.6) is 0 Å². The van der Waals surface area contributed by atoms with E-state index in [0.717, 1.165) is 6.42 Å². The summed E-state index contributed by atoms with van der Waals surface area (Å²) in [5.41, 5.74) is 1.91. The fraction of sp³-hybridized carbons (Fsp3) is 0.286. The Labute approximate surface area is 155 Å². The highest BCUT2D eigenvalue weighted by molar-refractivity contribution is 7.80. The number of thiocarbonyl (C=S) groups is 1. The number of carbonyl (C=O) groups is 1. The fourth-order valence-electron chi connectivity index (χ4n) is 2.61. The Morgan fingerprint density at radius 3 is 2.44 bits per heavy atom. The number of nitrogens with one attached hydrogen (secondary N) is 1. The molecule has 1 N–H and O–H groups in total. The van der Waals surface area contributed by atoms with Gasteiger partial charge in [0.1, 0.15) is 0 Å². The molecule has 3 nitrogen and oxygen atoms in total. The predicted octanol–water partition coefficient (Wildman–Crippen LogP) is 4.01. The van der Waals surface area contributed by atoms with Crippen LogP contribution in [0.2, 0.25) is 0 Å². The highest BCUT2D eigenvalue weighted by Crippen LogP contribution is 2.20. The zero-order valence-electron chi connectivity index (χ0n) is 14.8. The SMILES string of the molecule is C=CCNC(=S)[C@H](C(=O)c1ccc([C@@H](C)CC)cc1)[n+]1ccccc1. The molecule has 130 valence electrons. The van der Waals surface area contributed by atoms with Gasteiger partial charge in [0.25, 0.3) is 6.04 Å². The van der Waals surface area contributed by atoms with Crippen LogP contribution in [0.1, 0.15) is 48.1 Å². The van der Waals surface area contributed by atoms with Crippen molar-refractivity contribution in [2.45, 2.75) is 32.2 Å². The zero-order valence-corrected chi connectivity index (χ0v) is 15.6. The first kappa shape index (κ1) is 19.0. The Hall–Kier alpha value is -2.33. The molecule has 1 aromatic carbocycles. The van der Waals surface area contributed by atoms with Gasteiger partial charge >= 0.3 is 0 Å². The third kappa shape index (κ3) is 4.83. The number of benzene rings is 1. The van der Waals surface area contributed by atoms with Gasteiger partial charge in [-0.3, -0.25) is 4.79 Å². The second-order valence-electron chi connectivity index (χ2n) is 6.05. The lowest BCUT2D eigenvalue weighted by atomic mass is 9.95. The maximum absolute atomic E-state index is 13.1. The number of aromatic nitrogens is 1. The summed E-state index contributed by atoms with van der Waals surface area (Å²) >= 11 is 5.48. The monoisotopic (exact) mass is 353 g/mol. The van der Waals surface area contributed by atoms with E-state index in [2.05, 4.69) is 25.7 Å². The van der Waals surface area contributed by atoms with E-state index in [-0.39, 0.29) is 5.78 Å². The number of hydrogen-bond donors (Lipinski definition) is 1. The number of pyridine rings is 1. The lowest BCUT2D eigenvalue weighted by Gasteiger charge is -2.15. The van der Waals surface area contributed by atoms with E-state index in [0.29, 0.717) is 23.0 Å². The quantitative estimate of drug-likeness (QED) is 0.337. The maximum atomic E-state index is 13.1. The number of nitrogens with zero attached hydrogens (tertiary/aromatic N) is 1. The molecule has 25 heavy (non-hydrogen) atoms. The second-order valence-corrected chi connectivity index (χ2v) is 6.49. The molecule has 4 heteroatoms. The number of hydrogen-bond acceptors (Lipinski definition) is 2. The first-order valence-electron chi connectivity index (χ1n) is 8.57. The van der Waals surface area contributed by atoms with Crippen LogP contribution >= 0.6 is 12.2 Å². The third-order valence-electron chi connectivity index (χ3n) is 4.33. The van der Waals surface area contributed by atoms with Gasteiger partial charge in [-0.1, -0.05) is 62.5 Å². The summed E-state index contributed by atoms with van der Waals surface area (Å²) in [6.07, 6.45) is 6.52. The number of rotatable bonds is 8. The van der Waals surface area contributed by atoms with Crippen LogP contribution in [0, 0.1) is 0 Å². The molecule has 0 bridgehead atoms. The molecule has 0 spiro atoms. The second kappa shape index (κ2) is 9.23. The molecule has 0 aliphatic heterocycles. The molecular formula is C21H25N2OS+. The minimum absolute atomic E-state index is 0.0199. The first-order chi connectivity index (χ1) is 12.1. The third-order valence-corrected chi connectivity index (χ3v) is 4.70. The van der Waals surface area contributed by atoms with Crippen LogP contribution in [-0.4, -0.2) is 17.3 Å². The minimum atomic E-state index is -0.564. The van der Waals surface area contributed by atoms with E-state index in [1.807, 2.05) is 59.4 Å². The standard InChI is InChI=1S/C21H24N2OS/c1-4-13-22-21(25)19(23-14-7-6-8-15-23)20(24)18-11-9-17(10-12-18)16(3)5-2/h4,6-12,14-16,19H,1,5,13H2,2-3H3/p+1/t16-,19-/m0/s1. The normalized spacial score (nSPS) is 12.9. The summed E-state index contributed by atoms with van der Waals surface area (Å²) in [6.45, 7) is 8.57. The molecule has 1 aromatic heterocycles. The lowest BCUT2D eigenvalue weighted by molar-refractivity contribution is -0.692. The number of carbonyl (C=O) groups excluding carboxylic acids is 1. The Morgan fingerprint density at radius 1 is 1.24 bits per heavy atom. The van der Waals surface area contributed by atoms with Crippen molar-refractivity contribution in [1.82, 2.24) is 5.32 Å². The summed E-state index contributed by atoms with van der Waals surface area (Å²) in [4.78, 5) is 13.6. The van der Waals surface area contributed by atoms with Crippen LogP contribution in [0.4, 0.5) is 0 Å². The number of ketones is 1. The highest BCUT2D eigenvalue weighted by Gasteiger charge is 2.32. The molecule has 1 heterocycles. The molecule has 2 aromatic rings. The molecule has 2 atom stereocenters. The Kier molecular flexibility index (Phi) is 7.02. The lowest BCUT2D eigenvalue weighted by Crippen LogP contribution is -2.51. The summed E-state index contributed by atoms with van der Waals surface area (Å²) in [5, 5.41) is 3.09. The largest absolute Gasteiger partial charge is 0.370 e. The number of Topliss-reactive ketones (excluding diaryl/α,β-unsaturated/α-hetero) is 1. The van der Waals surface area contributed by atoms with Gasteiger partial charge in [-0.25, -0.2) is 0 Å². The molecule has 0 saturated heterocycles. The molecular weight excluding hydrogens is 328 g/mol. The van der Waals surface area contributed by atoms with Gasteiger partial charge in [-0.15, -0.1) is 6.58 Å². The van der Waals surface area contributed by atoms with E-state index in [4.69, 9.17) is 12.2 Å². The molecule has 0 unspecified atom stereocenters. The smallest absolute Gasteiger partial charge is 0.270 e. The summed E-state index contributed by atoms with van der Waals surface area (Å²) in [5.74, 6) is 0.465. The average molecular weight is 354 g/mol. The van der Waals surface area contributed by atoms with Gasteiger partial charge in [-0.2, -0.15) is 4.57 Å². The van der Waals surface area contributed by atoms with Gasteiger partial charge in [-0.05, 0) is 17.9 Å². The molecule has 0 saturated carbocycles. The van der Waals surface area contributed by atoms with E-state index in [1.165, 1.54) is 5.56 Å². The highest BCUT2D eigenvalue weighted by atomic mass is 32.1. The topological polar surface area (TPSA) is 33.0 Å². The molecule has 0 aliphatic carbocycles. The van der Waals surface area contributed by atoms with Crippen molar-refractivity contribution < 1.29 is 9.36 Å². The summed E-state index contributed by atoms with van der Waals surface area (Å²) in [6, 6.07) is 13.0. The molecule has 0 amide bonds. The molecule has 0 radical (unpaired) electrons. The van der Waals surface area contributed by atoms with Crippen molar-refractivity contribution in [2.75, 3.05) is 6.54 Å². The van der Waals surface area contributed by atoms with Crippen molar-refractivity contribution in [3.8, 4) is 0 Å². The Morgan fingerprint density at radius 2 is 1.88 bits per heavy atom. The van der Waals surface area contributed by atoms with Crippen molar-refractivity contribution in [3.63, 3.8) is 0 Å². The minimum Gasteiger partial charge on any atom is -0.370 e. The van der Waals surface area contributed by atoms with Crippen molar-refractivity contribution in [3.05, 3.63) is 78.6 Å². The van der Waals surface area contributed by atoms with Crippen molar-refractivity contribution >= 4 is 23.0 Å². The van der Waals surface area contributed by atoms with Gasteiger partial charge in [0.15, 0.2) is 17.4 Å². The molecule has 0 aliphatic rings. The Bertz CT molecular complexity index is 725. The molecule has 0 fully saturated rings. The van der Waals surface area contributed by atoms with Crippen LogP contribution in [0.15, 0.2) is 67.5 Å². The van der Waals surface area contributed by atoms with E-state index in [9.17, 15) is 4.79 Å². The van der Waals surface area contributed by atoms with Gasteiger partial charge in [0, 0.05) is 24.2 Å². The maximum Gasteiger partial charge on any atom is 0.270 e.